The Morgan fingerprint density at radius 1 is 1.40 bits per heavy atom. The Bertz CT molecular complexity index is 696. The number of ether oxygens (including phenoxy) is 1. The number of alkyl halides is 2. The normalized spacial score (nSPS) is 21.2. The van der Waals surface area contributed by atoms with Crippen molar-refractivity contribution >= 4 is 21.4 Å². The molecule has 1 heterocycles. The fraction of sp³-hybridized carbons (Fsp3) is 0.286. The first kappa shape index (κ1) is 14.8. The van der Waals surface area contributed by atoms with Crippen LogP contribution in [0.5, 0.6) is 5.88 Å². The summed E-state index contributed by atoms with van der Waals surface area (Å²) in [6, 6.07) is 0. The van der Waals surface area contributed by atoms with Gasteiger partial charge in [-0.3, -0.25) is 0 Å². The van der Waals surface area contributed by atoms with Gasteiger partial charge in [0.15, 0.2) is 5.69 Å². The highest BCUT2D eigenvalue weighted by atomic mass is 31.0. The molecule has 0 amide bonds. The van der Waals surface area contributed by atoms with Crippen LogP contribution in [0.2, 0.25) is 0 Å². The predicted octanol–water partition coefficient (Wildman–Crippen LogP) is 1.53. The lowest BCUT2D eigenvalue weighted by atomic mass is 10.1. The van der Waals surface area contributed by atoms with Crippen LogP contribution in [0.1, 0.15) is 12.6 Å². The lowest BCUT2D eigenvalue weighted by molar-refractivity contribution is 0.0435. The van der Waals surface area contributed by atoms with Gasteiger partial charge in [-0.15, -0.1) is 9.24 Å². The first-order valence-corrected chi connectivity index (χ1v) is 6.52. The van der Waals surface area contributed by atoms with Gasteiger partial charge in [0, 0.05) is 5.16 Å². The van der Waals surface area contributed by atoms with E-state index in [1.165, 1.54) is 7.11 Å². The van der Waals surface area contributed by atoms with E-state index in [-0.39, 0.29) is 11.0 Å². The molecule has 2 rings (SSSR count). The molecule has 1 aliphatic rings. The van der Waals surface area contributed by atoms with Crippen molar-refractivity contribution in [3.05, 3.63) is 41.2 Å². The molecule has 1 aromatic rings. The Hall–Kier alpha value is -1.61. The number of rotatable bonds is 3. The fourth-order valence-electron chi connectivity index (χ4n) is 1.82. The maximum absolute atomic E-state index is 13.8. The Kier molecular flexibility index (Phi) is 3.74. The third-order valence-corrected chi connectivity index (χ3v) is 3.20. The minimum absolute atomic E-state index is 0.194. The van der Waals surface area contributed by atoms with E-state index in [2.05, 4.69) is 25.8 Å². The SMILES string of the molecule is C=CC(F)(F)c1nc2c(nc1OC)=CC(C)(P)C=CC=2. The average molecular weight is 296 g/mol. The van der Waals surface area contributed by atoms with Crippen LogP contribution in [0.3, 0.4) is 0 Å². The van der Waals surface area contributed by atoms with Gasteiger partial charge in [0.1, 0.15) is 0 Å². The number of methoxy groups -OCH3 is 1. The number of nitrogens with zero attached hydrogens (tertiary/aromatic N) is 2. The third kappa shape index (κ3) is 2.78. The molecule has 0 fully saturated rings. The number of allylic oxidation sites excluding steroid dienone is 3. The summed E-state index contributed by atoms with van der Waals surface area (Å²) in [5.41, 5.74) is -0.529. The van der Waals surface area contributed by atoms with Crippen molar-refractivity contribution in [1.29, 1.82) is 0 Å². The zero-order valence-corrected chi connectivity index (χ0v) is 12.4. The van der Waals surface area contributed by atoms with Gasteiger partial charge in [0.25, 0.3) is 0 Å². The van der Waals surface area contributed by atoms with Gasteiger partial charge >= 0.3 is 5.92 Å². The van der Waals surface area contributed by atoms with Crippen LogP contribution >= 0.6 is 9.24 Å². The minimum Gasteiger partial charge on any atom is -0.480 e. The third-order valence-electron chi connectivity index (χ3n) is 2.84. The fourth-order valence-corrected chi connectivity index (χ4v) is 2.09. The largest absolute Gasteiger partial charge is 0.480 e. The van der Waals surface area contributed by atoms with Gasteiger partial charge in [-0.1, -0.05) is 18.7 Å². The van der Waals surface area contributed by atoms with Crippen LogP contribution in [0, 0.1) is 0 Å². The van der Waals surface area contributed by atoms with E-state index in [4.69, 9.17) is 4.74 Å². The molecule has 2 atom stereocenters. The molecule has 0 saturated heterocycles. The Morgan fingerprint density at radius 3 is 2.70 bits per heavy atom. The van der Waals surface area contributed by atoms with Crippen LogP contribution in [-0.4, -0.2) is 22.2 Å². The Labute approximate surface area is 118 Å². The van der Waals surface area contributed by atoms with Gasteiger partial charge in [-0.25, -0.2) is 9.97 Å². The number of fused-ring (bicyclic) bond motifs is 1. The standard InChI is InChI=1S/C14H15F2N2OP/c1-4-14(15,16)11-12(19-3)18-10-8-13(2,20)7-5-6-9(10)17-11/h4-8H,1,20H2,2-3H3. The maximum Gasteiger partial charge on any atom is 0.313 e. The molecule has 2 unspecified atom stereocenters. The molecule has 1 aromatic heterocycles. The van der Waals surface area contributed by atoms with Crippen molar-refractivity contribution < 1.29 is 13.5 Å². The van der Waals surface area contributed by atoms with Gasteiger partial charge in [-0.2, -0.15) is 8.78 Å². The highest BCUT2D eigenvalue weighted by molar-refractivity contribution is 7.20. The summed E-state index contributed by atoms with van der Waals surface area (Å²) in [5, 5.41) is 0.571. The molecule has 0 spiro atoms. The van der Waals surface area contributed by atoms with Gasteiger partial charge in [0.2, 0.25) is 5.88 Å². The molecule has 1 aliphatic carbocycles. The number of hydrogen-bond acceptors (Lipinski definition) is 3. The molecule has 0 saturated carbocycles. The molecule has 0 aromatic carbocycles. The van der Waals surface area contributed by atoms with E-state index in [9.17, 15) is 8.78 Å². The second kappa shape index (κ2) is 5.06. The van der Waals surface area contributed by atoms with E-state index in [1.807, 2.05) is 19.1 Å². The molecule has 20 heavy (non-hydrogen) atoms. The van der Waals surface area contributed by atoms with Crippen LogP contribution in [-0.2, 0) is 5.92 Å². The van der Waals surface area contributed by atoms with E-state index < -0.39 is 11.6 Å². The lowest BCUT2D eigenvalue weighted by Gasteiger charge is -2.15. The number of halogens is 2. The average Bonchev–Trinajstić information content (AvgIpc) is 2.53. The summed E-state index contributed by atoms with van der Waals surface area (Å²) in [7, 11) is 3.95. The smallest absolute Gasteiger partial charge is 0.313 e. The molecule has 6 heteroatoms. The summed E-state index contributed by atoms with van der Waals surface area (Å²) in [4.78, 5) is 8.14. The van der Waals surface area contributed by atoms with Crippen molar-refractivity contribution in [3.8, 4) is 5.88 Å². The van der Waals surface area contributed by atoms with Gasteiger partial charge < -0.3 is 4.74 Å². The Morgan fingerprint density at radius 2 is 2.10 bits per heavy atom. The van der Waals surface area contributed by atoms with Crippen molar-refractivity contribution in [1.82, 2.24) is 9.97 Å². The summed E-state index contributed by atoms with van der Waals surface area (Å²) in [6.07, 6.45) is 7.70. The lowest BCUT2D eigenvalue weighted by Crippen LogP contribution is -2.36. The summed E-state index contributed by atoms with van der Waals surface area (Å²) in [5.74, 6) is -3.48. The number of hydrogen-bond donors (Lipinski definition) is 0. The molecular weight excluding hydrogens is 281 g/mol. The molecule has 0 bridgehead atoms. The predicted molar refractivity (Wildman–Crippen MR) is 78.1 cm³/mol. The number of aromatic nitrogens is 2. The van der Waals surface area contributed by atoms with E-state index in [1.54, 1.807) is 12.2 Å². The van der Waals surface area contributed by atoms with Gasteiger partial charge in [-0.05, 0) is 25.2 Å². The molecule has 0 radical (unpaired) electrons. The maximum atomic E-state index is 13.8. The monoisotopic (exact) mass is 296 g/mol. The second-order valence-corrected chi connectivity index (χ2v) is 5.96. The Balaban J connectivity index is 2.80. The van der Waals surface area contributed by atoms with Crippen molar-refractivity contribution in [2.75, 3.05) is 7.11 Å². The first-order chi connectivity index (χ1) is 9.29. The zero-order valence-electron chi connectivity index (χ0n) is 11.2. The minimum atomic E-state index is -3.29. The van der Waals surface area contributed by atoms with Crippen LogP contribution < -0.4 is 15.4 Å². The molecular formula is C14H15F2N2OP. The van der Waals surface area contributed by atoms with Crippen molar-refractivity contribution in [2.24, 2.45) is 0 Å². The van der Waals surface area contributed by atoms with Crippen LogP contribution in [0.15, 0.2) is 24.8 Å². The molecule has 0 aliphatic heterocycles. The highest BCUT2D eigenvalue weighted by Crippen LogP contribution is 2.31. The summed E-state index contributed by atoms with van der Waals surface area (Å²) in [6.45, 7) is 5.09. The molecule has 0 N–H and O–H groups in total. The zero-order chi connectivity index (χ0) is 15.0. The van der Waals surface area contributed by atoms with Crippen LogP contribution in [0.4, 0.5) is 8.78 Å². The quantitative estimate of drug-likeness (QED) is 0.627. The molecule has 106 valence electrons. The summed E-state index contributed by atoms with van der Waals surface area (Å²) >= 11 is 0. The second-order valence-electron chi connectivity index (χ2n) is 4.72. The van der Waals surface area contributed by atoms with E-state index >= 15 is 0 Å². The van der Waals surface area contributed by atoms with Crippen LogP contribution in [0.25, 0.3) is 12.2 Å². The summed E-state index contributed by atoms with van der Waals surface area (Å²) < 4.78 is 32.6. The molecule has 3 nitrogen and oxygen atoms in total. The first-order valence-electron chi connectivity index (χ1n) is 5.94. The van der Waals surface area contributed by atoms with E-state index in [0.717, 1.165) is 0 Å². The van der Waals surface area contributed by atoms with Gasteiger partial charge in [0.05, 0.1) is 17.8 Å². The van der Waals surface area contributed by atoms with Crippen molar-refractivity contribution in [2.45, 2.75) is 18.0 Å². The van der Waals surface area contributed by atoms with Crippen molar-refractivity contribution in [3.63, 3.8) is 0 Å². The van der Waals surface area contributed by atoms with E-state index in [0.29, 0.717) is 16.8 Å². The topological polar surface area (TPSA) is 35.0 Å². The highest BCUT2D eigenvalue weighted by Gasteiger charge is 2.34.